The van der Waals surface area contributed by atoms with Gasteiger partial charge in [0.15, 0.2) is 0 Å². The molecule has 2 rings (SSSR count). The molecule has 0 aliphatic carbocycles. The highest BCUT2D eigenvalue weighted by atomic mass is 79.9. The molecule has 92 valence electrons. The van der Waals surface area contributed by atoms with Crippen molar-refractivity contribution in [3.8, 4) is 17.2 Å². The van der Waals surface area contributed by atoms with E-state index in [2.05, 4.69) is 34.1 Å². The summed E-state index contributed by atoms with van der Waals surface area (Å²) in [6, 6.07) is 18.1. The van der Waals surface area contributed by atoms with Crippen molar-refractivity contribution in [1.82, 2.24) is 0 Å². The average Bonchev–Trinajstić information content (AvgIpc) is 2.49. The molecule has 18 heavy (non-hydrogen) atoms. The first-order valence-corrected chi connectivity index (χ1v) is 7.11. The van der Waals surface area contributed by atoms with Gasteiger partial charge in [-0.05, 0) is 22.8 Å². The molecule has 0 fully saturated rings. The number of hydrogen-bond donors (Lipinski definition) is 0. The third-order valence-electron chi connectivity index (χ3n) is 2.47. The number of nitrogens with zero attached hydrogens (tertiary/aromatic N) is 1. The summed E-state index contributed by atoms with van der Waals surface area (Å²) in [4.78, 5) is 0. The summed E-state index contributed by atoms with van der Waals surface area (Å²) >= 11 is 3.41. The molecule has 0 saturated heterocycles. The van der Waals surface area contributed by atoms with Crippen LogP contribution in [0.4, 0.5) is 0 Å². The van der Waals surface area contributed by atoms with Crippen molar-refractivity contribution in [1.29, 1.82) is 5.26 Å². The van der Waals surface area contributed by atoms with Crippen molar-refractivity contribution in [3.05, 3.63) is 59.7 Å². The number of alkyl halides is 1. The van der Waals surface area contributed by atoms with E-state index >= 15 is 0 Å². The molecule has 0 spiro atoms. The van der Waals surface area contributed by atoms with E-state index in [0.29, 0.717) is 5.56 Å². The monoisotopic (exact) mass is 301 g/mol. The van der Waals surface area contributed by atoms with E-state index in [-0.39, 0.29) is 0 Å². The van der Waals surface area contributed by atoms with Crippen LogP contribution in [0.5, 0.6) is 0 Å². The summed E-state index contributed by atoms with van der Waals surface area (Å²) in [7, 11) is 0. The first-order valence-electron chi connectivity index (χ1n) is 5.99. The van der Waals surface area contributed by atoms with Crippen LogP contribution in [0.1, 0.15) is 25.0 Å². The minimum atomic E-state index is 0.717. The molecule has 0 amide bonds. The van der Waals surface area contributed by atoms with Crippen molar-refractivity contribution in [2.45, 2.75) is 19.2 Å². The van der Waals surface area contributed by atoms with Crippen molar-refractivity contribution in [3.63, 3.8) is 0 Å². The van der Waals surface area contributed by atoms with E-state index in [9.17, 15) is 0 Å². The number of nitriles is 1. The van der Waals surface area contributed by atoms with E-state index < -0.39 is 0 Å². The fourth-order valence-electron chi connectivity index (χ4n) is 1.61. The van der Waals surface area contributed by atoms with Crippen LogP contribution in [0.15, 0.2) is 48.5 Å². The Kier molecular flexibility index (Phi) is 6.18. The molecule has 0 saturated carbocycles. The lowest BCUT2D eigenvalue weighted by molar-refractivity contribution is 1.43. The summed E-state index contributed by atoms with van der Waals surface area (Å²) in [6.07, 6.45) is 0. The lowest BCUT2D eigenvalue weighted by Gasteiger charge is -2.04. The topological polar surface area (TPSA) is 23.8 Å². The minimum Gasteiger partial charge on any atom is -0.192 e. The van der Waals surface area contributed by atoms with Gasteiger partial charge in [-0.3, -0.25) is 0 Å². The smallest absolute Gasteiger partial charge is 0.0998 e. The Morgan fingerprint density at radius 3 is 2.17 bits per heavy atom. The molecular weight excluding hydrogens is 286 g/mol. The Balaban J connectivity index is 0.000000771. The molecule has 0 bridgehead atoms. The molecule has 0 heterocycles. The summed E-state index contributed by atoms with van der Waals surface area (Å²) in [5.74, 6) is 0. The van der Waals surface area contributed by atoms with Crippen molar-refractivity contribution in [2.24, 2.45) is 0 Å². The molecule has 0 unspecified atom stereocenters. The van der Waals surface area contributed by atoms with Gasteiger partial charge in [0.1, 0.15) is 0 Å². The minimum absolute atomic E-state index is 0.717. The summed E-state index contributed by atoms with van der Waals surface area (Å²) in [6.45, 7) is 4.00. The van der Waals surface area contributed by atoms with E-state index in [1.54, 1.807) is 0 Å². The second-order valence-corrected chi connectivity index (χ2v) is 4.05. The van der Waals surface area contributed by atoms with Gasteiger partial charge in [-0.1, -0.05) is 72.2 Å². The third-order valence-corrected chi connectivity index (χ3v) is 3.11. The van der Waals surface area contributed by atoms with E-state index in [1.165, 1.54) is 5.56 Å². The zero-order valence-corrected chi connectivity index (χ0v) is 12.2. The Morgan fingerprint density at radius 1 is 1.00 bits per heavy atom. The summed E-state index contributed by atoms with van der Waals surface area (Å²) in [5, 5.41) is 9.88. The van der Waals surface area contributed by atoms with Gasteiger partial charge in [0.25, 0.3) is 0 Å². The fraction of sp³-hybridized carbons (Fsp3) is 0.188. The molecule has 0 radical (unpaired) electrons. The standard InChI is InChI=1S/C14H10BrN.C2H6/c15-9-11-5-7-12(8-6-11)14-4-2-1-3-13(14)10-16;1-2/h1-8H,9H2;1-2H3. The van der Waals surface area contributed by atoms with E-state index in [0.717, 1.165) is 16.5 Å². The molecule has 2 aromatic carbocycles. The summed E-state index contributed by atoms with van der Waals surface area (Å²) < 4.78 is 0. The first kappa shape index (κ1) is 14.5. The molecule has 0 aliphatic rings. The van der Waals surface area contributed by atoms with Crippen LogP contribution in [0, 0.1) is 11.3 Å². The Labute approximate surface area is 117 Å². The van der Waals surface area contributed by atoms with Crippen LogP contribution in [0.3, 0.4) is 0 Å². The lowest BCUT2D eigenvalue weighted by atomic mass is 10.00. The fourth-order valence-corrected chi connectivity index (χ4v) is 1.98. The van der Waals surface area contributed by atoms with Crippen LogP contribution >= 0.6 is 15.9 Å². The zero-order valence-electron chi connectivity index (χ0n) is 10.7. The third kappa shape index (κ3) is 3.45. The number of hydrogen-bond acceptors (Lipinski definition) is 1. The predicted molar refractivity (Wildman–Crippen MR) is 80.6 cm³/mol. The number of rotatable bonds is 2. The number of halogens is 1. The average molecular weight is 302 g/mol. The second kappa shape index (κ2) is 7.68. The normalized spacial score (nSPS) is 9.00. The highest BCUT2D eigenvalue weighted by Crippen LogP contribution is 2.23. The molecule has 0 aromatic heterocycles. The largest absolute Gasteiger partial charge is 0.192 e. The first-order chi connectivity index (χ1) is 8.85. The Morgan fingerprint density at radius 2 is 1.61 bits per heavy atom. The maximum atomic E-state index is 9.02. The predicted octanol–water partition coefficient (Wildman–Crippen LogP) is 5.15. The van der Waals surface area contributed by atoms with Gasteiger partial charge in [-0.15, -0.1) is 0 Å². The molecule has 0 N–H and O–H groups in total. The molecule has 0 atom stereocenters. The van der Waals surface area contributed by atoms with Gasteiger partial charge < -0.3 is 0 Å². The van der Waals surface area contributed by atoms with Gasteiger partial charge in [0, 0.05) is 5.33 Å². The zero-order chi connectivity index (χ0) is 13.4. The number of benzene rings is 2. The van der Waals surface area contributed by atoms with Gasteiger partial charge in [0.05, 0.1) is 11.6 Å². The molecule has 2 heteroatoms. The molecule has 0 aliphatic heterocycles. The SMILES string of the molecule is CC.N#Cc1ccccc1-c1ccc(CBr)cc1. The highest BCUT2D eigenvalue weighted by Gasteiger charge is 2.03. The van der Waals surface area contributed by atoms with Crippen LogP contribution in [0.2, 0.25) is 0 Å². The lowest BCUT2D eigenvalue weighted by Crippen LogP contribution is -1.84. The van der Waals surface area contributed by atoms with Gasteiger partial charge in [-0.2, -0.15) is 5.26 Å². The van der Waals surface area contributed by atoms with Crippen molar-refractivity contribution < 1.29 is 0 Å². The van der Waals surface area contributed by atoms with Crippen LogP contribution in [-0.2, 0) is 5.33 Å². The Hall–Kier alpha value is -1.59. The van der Waals surface area contributed by atoms with Gasteiger partial charge >= 0.3 is 0 Å². The molecule has 1 nitrogen and oxygen atoms in total. The summed E-state index contributed by atoms with van der Waals surface area (Å²) in [5.41, 5.74) is 4.03. The van der Waals surface area contributed by atoms with Crippen molar-refractivity contribution >= 4 is 15.9 Å². The van der Waals surface area contributed by atoms with Crippen LogP contribution < -0.4 is 0 Å². The maximum Gasteiger partial charge on any atom is 0.0998 e. The van der Waals surface area contributed by atoms with E-state index in [4.69, 9.17) is 5.26 Å². The van der Waals surface area contributed by atoms with Gasteiger partial charge in [0.2, 0.25) is 0 Å². The Bertz CT molecular complexity index is 524. The highest BCUT2D eigenvalue weighted by molar-refractivity contribution is 9.08. The van der Waals surface area contributed by atoms with Crippen LogP contribution in [0.25, 0.3) is 11.1 Å². The van der Waals surface area contributed by atoms with Crippen LogP contribution in [-0.4, -0.2) is 0 Å². The van der Waals surface area contributed by atoms with Crippen molar-refractivity contribution in [2.75, 3.05) is 0 Å². The maximum absolute atomic E-state index is 9.02. The molecule has 2 aromatic rings. The van der Waals surface area contributed by atoms with Gasteiger partial charge in [-0.25, -0.2) is 0 Å². The molecular formula is C16H16BrN. The van der Waals surface area contributed by atoms with E-state index in [1.807, 2.05) is 50.2 Å². The quantitative estimate of drug-likeness (QED) is 0.704. The second-order valence-electron chi connectivity index (χ2n) is 3.49.